The highest BCUT2D eigenvalue weighted by atomic mass is 79.9. The fourth-order valence-electron chi connectivity index (χ4n) is 7.67. The Hall–Kier alpha value is -4.48. The summed E-state index contributed by atoms with van der Waals surface area (Å²) in [5.74, 6) is 0.870. The van der Waals surface area contributed by atoms with Crippen LogP contribution in [0, 0.1) is 27.7 Å². The first-order chi connectivity index (χ1) is 35.0. The maximum Gasteiger partial charge on any atom is 0.253 e. The maximum atomic E-state index is 13.0. The van der Waals surface area contributed by atoms with Crippen molar-refractivity contribution in [2.75, 3.05) is 58.5 Å². The number of likely N-dealkylation sites (tertiary alicyclic amines) is 2. The number of halogens is 8. The number of aromatic nitrogens is 6. The van der Waals surface area contributed by atoms with E-state index in [1.807, 2.05) is 37.5 Å². The van der Waals surface area contributed by atoms with Gasteiger partial charge in [0.2, 0.25) is 23.0 Å². The van der Waals surface area contributed by atoms with E-state index in [0.717, 1.165) is 56.8 Å². The van der Waals surface area contributed by atoms with E-state index in [2.05, 4.69) is 77.7 Å². The number of nitrogens with two attached hydrogens (primary N) is 1. The Morgan fingerprint density at radius 1 is 0.645 bits per heavy atom. The van der Waals surface area contributed by atoms with Crippen LogP contribution in [0.1, 0.15) is 67.8 Å². The molecule has 0 bridgehead atoms. The lowest BCUT2D eigenvalue weighted by Crippen LogP contribution is -2.42. The van der Waals surface area contributed by atoms with Gasteiger partial charge >= 0.3 is 0 Å². The van der Waals surface area contributed by atoms with E-state index in [4.69, 9.17) is 40.5 Å². The normalized spacial score (nSPS) is 13.5. The average molecular weight is 1330 g/mol. The van der Waals surface area contributed by atoms with Crippen molar-refractivity contribution in [3.05, 3.63) is 128 Å². The molecule has 4 aromatic heterocycles. The molecule has 6 heterocycles. The van der Waals surface area contributed by atoms with E-state index < -0.39 is 5.24 Å². The molecule has 0 saturated carbocycles. The van der Waals surface area contributed by atoms with Crippen molar-refractivity contribution in [1.29, 1.82) is 0 Å². The predicted molar refractivity (Wildman–Crippen MR) is 325 cm³/mol. The minimum absolute atomic E-state index is 0. The molecule has 2 fully saturated rings. The van der Waals surface area contributed by atoms with Gasteiger partial charge in [-0.2, -0.15) is 0 Å². The quantitative estimate of drug-likeness (QED) is 0.0367. The number of anilines is 4. The Kier molecular flexibility index (Phi) is 28.1. The summed E-state index contributed by atoms with van der Waals surface area (Å²) in [6.07, 6.45) is 12.5. The average Bonchev–Trinajstić information content (AvgIpc) is 3.91. The number of thiazole rings is 2. The van der Waals surface area contributed by atoms with Crippen molar-refractivity contribution in [3.63, 3.8) is 0 Å². The molecule has 16 nitrogen and oxygen atoms in total. The van der Waals surface area contributed by atoms with Crippen molar-refractivity contribution >= 4 is 173 Å². The Balaban J connectivity index is 0.000000347. The molecular weight excluding hydrogens is 1270 g/mol. The first kappa shape index (κ1) is 65.8. The van der Waals surface area contributed by atoms with Gasteiger partial charge < -0.3 is 31.5 Å². The van der Waals surface area contributed by atoms with Crippen LogP contribution in [0.2, 0.25) is 10.0 Å². The molecule has 5 N–H and O–H groups in total. The summed E-state index contributed by atoms with van der Waals surface area (Å²) in [5, 5.41) is 13.4. The first-order valence-corrected chi connectivity index (χ1v) is 28.0. The molecule has 0 unspecified atom stereocenters. The number of nitrogen functional groups attached to an aromatic ring is 1. The Morgan fingerprint density at radius 2 is 1.04 bits per heavy atom. The summed E-state index contributed by atoms with van der Waals surface area (Å²) in [7, 11) is 0. The van der Waals surface area contributed by atoms with Gasteiger partial charge in [-0.1, -0.05) is 67.2 Å². The number of carbonyl (C=O) groups is 4. The van der Waals surface area contributed by atoms with Gasteiger partial charge in [-0.3, -0.25) is 19.2 Å². The van der Waals surface area contributed by atoms with E-state index in [9.17, 15) is 19.2 Å². The second-order valence-corrected chi connectivity index (χ2v) is 21.5. The number of amides is 3. The zero-order valence-corrected chi connectivity index (χ0v) is 51.1. The number of hydrogen-bond donors (Lipinski definition) is 4. The van der Waals surface area contributed by atoms with Gasteiger partial charge in [0.25, 0.3) is 11.8 Å². The topological polar surface area (TPSA) is 214 Å². The summed E-state index contributed by atoms with van der Waals surface area (Å²) in [6.45, 7) is 10.4. The van der Waals surface area contributed by atoms with Gasteiger partial charge in [0, 0.05) is 77.5 Å². The van der Waals surface area contributed by atoms with Crippen molar-refractivity contribution in [2.24, 2.45) is 0 Å². The number of piperidine rings is 2. The molecule has 0 spiro atoms. The van der Waals surface area contributed by atoms with E-state index in [-0.39, 0.29) is 67.0 Å². The number of hydrogen-bond acceptors (Lipinski definition) is 15. The third-order valence-electron chi connectivity index (χ3n) is 11.2. The smallest absolute Gasteiger partial charge is 0.253 e. The number of nitrogens with zero attached hydrogens (tertiary/aromatic N) is 8. The van der Waals surface area contributed by atoms with Crippen LogP contribution in [0.25, 0.3) is 21.1 Å². The van der Waals surface area contributed by atoms with Crippen LogP contribution in [0.15, 0.2) is 85.2 Å². The summed E-state index contributed by atoms with van der Waals surface area (Å²) < 4.78 is 0. The van der Waals surface area contributed by atoms with Crippen molar-refractivity contribution in [3.8, 4) is 21.1 Å². The molecule has 8 rings (SSSR count). The van der Waals surface area contributed by atoms with Gasteiger partial charge in [0.15, 0.2) is 0 Å². The van der Waals surface area contributed by atoms with E-state index >= 15 is 0 Å². The summed E-state index contributed by atoms with van der Waals surface area (Å²) in [5.41, 5.74) is 11.5. The van der Waals surface area contributed by atoms with Gasteiger partial charge in [-0.15, -0.1) is 59.9 Å². The summed E-state index contributed by atoms with van der Waals surface area (Å²) >= 11 is 27.1. The Labute approximate surface area is 500 Å². The minimum atomic E-state index is -0.431. The molecule has 0 radical (unpaired) electrons. The molecule has 3 amide bonds. The van der Waals surface area contributed by atoms with Gasteiger partial charge in [-0.05, 0) is 120 Å². The highest BCUT2D eigenvalue weighted by molar-refractivity contribution is 9.09. The SMILES string of the molecule is Cc1nc(C)c(-c2nc(NC3CCN(C(=O)c4ccc(N)cc4)CC3)ncc2Cl)s1.Cc1nc(C)c(-c2nc(NC3CCN(C(=O)c4ccc(NC(=O)/C=C/CBr)cc4)CC3)ncc2Cl)s1.Cl.Cl.Cl.O=C(Cl)/C=C/CBr. The zero-order chi connectivity index (χ0) is 52.6. The Morgan fingerprint density at radius 3 is 1.39 bits per heavy atom. The molecule has 2 aromatic carbocycles. The highest BCUT2D eigenvalue weighted by Gasteiger charge is 2.27. The molecule has 408 valence electrons. The number of allylic oxidation sites excluding steroid dienone is 3. The predicted octanol–water partition coefficient (Wildman–Crippen LogP) is 12.6. The summed E-state index contributed by atoms with van der Waals surface area (Å²) in [4.78, 5) is 79.9. The number of rotatable bonds is 13. The molecule has 2 saturated heterocycles. The number of aryl methyl sites for hydroxylation is 4. The van der Waals surface area contributed by atoms with Crippen molar-refractivity contribution in [2.45, 2.75) is 65.5 Å². The first-order valence-electron chi connectivity index (χ1n) is 23.0. The van der Waals surface area contributed by atoms with E-state index in [1.54, 1.807) is 95.8 Å². The lowest BCUT2D eigenvalue weighted by Gasteiger charge is -2.32. The van der Waals surface area contributed by atoms with Crippen LogP contribution in [-0.4, -0.2) is 112 Å². The number of carbonyl (C=O) groups excluding carboxylic acids is 4. The minimum Gasteiger partial charge on any atom is -0.399 e. The van der Waals surface area contributed by atoms with Crippen LogP contribution in [-0.2, 0) is 9.59 Å². The molecule has 2 aliphatic rings. The van der Waals surface area contributed by atoms with Crippen LogP contribution in [0.3, 0.4) is 0 Å². The largest absolute Gasteiger partial charge is 0.399 e. The maximum absolute atomic E-state index is 13.0. The number of nitrogens with one attached hydrogen (secondary N) is 3. The van der Waals surface area contributed by atoms with Crippen LogP contribution in [0.4, 0.5) is 23.3 Å². The molecule has 76 heavy (non-hydrogen) atoms. The van der Waals surface area contributed by atoms with Crippen molar-refractivity contribution < 1.29 is 19.2 Å². The molecule has 0 aliphatic carbocycles. The number of benzene rings is 2. The zero-order valence-electron chi connectivity index (χ0n) is 41.5. The fraction of sp³-hybridized carbons (Fsp3) is 0.320. The van der Waals surface area contributed by atoms with Crippen LogP contribution >= 0.6 is 127 Å². The molecular formula is C50H56Br2Cl6N12O4S2. The second-order valence-electron chi connectivity index (χ2n) is 16.6. The number of alkyl halides is 2. The molecule has 0 atom stereocenters. The van der Waals surface area contributed by atoms with Gasteiger partial charge in [0.05, 0.1) is 53.6 Å². The third-order valence-corrected chi connectivity index (χ3v) is 14.8. The van der Waals surface area contributed by atoms with Crippen LogP contribution < -0.4 is 21.7 Å². The van der Waals surface area contributed by atoms with Gasteiger partial charge in [0.1, 0.15) is 11.4 Å². The second kappa shape index (κ2) is 32.4. The monoisotopic (exact) mass is 1320 g/mol. The van der Waals surface area contributed by atoms with Gasteiger partial charge in [-0.25, -0.2) is 29.9 Å². The van der Waals surface area contributed by atoms with E-state index in [0.29, 0.717) is 92.7 Å². The molecule has 6 aromatic rings. The highest BCUT2D eigenvalue weighted by Crippen LogP contribution is 2.35. The molecule has 26 heteroatoms. The standard InChI is InChI=1S/C25H26BrClN6O2S.C21H23ClN6OS.C4H4BrClO.3ClH/c1-15-23(36-16(2)29-15)22-20(27)14-28-25(32-22)31-19-9-12-33(13-10-19)24(35)17-5-7-18(8-6-17)30-21(34)4-3-11-26;1-12-19(30-13(2)25-12)18-17(22)11-24-21(27-18)26-16-7-9-28(10-8-16)20(29)14-3-5-15(23)6-4-14;5-3-1-2-4(6)7;;;/h3-8,14,19H,9-13H2,1-2H3,(H,30,34)(H,28,31,32);3-6,11,16H,7-10,23H2,1-2H3,(H,24,26,27);1-2H,3H2;3*1H/b4-3+;;2-1+;;;. The van der Waals surface area contributed by atoms with E-state index in [1.165, 1.54) is 12.2 Å². The van der Waals surface area contributed by atoms with Crippen molar-refractivity contribution in [1.82, 2.24) is 39.7 Å². The lowest BCUT2D eigenvalue weighted by molar-refractivity contribution is -0.112. The molecule has 2 aliphatic heterocycles. The lowest BCUT2D eigenvalue weighted by atomic mass is 10.0. The fourth-order valence-corrected chi connectivity index (χ4v) is 10.5. The summed E-state index contributed by atoms with van der Waals surface area (Å²) in [6, 6.07) is 14.4. The third kappa shape index (κ3) is 19.5. The Bertz CT molecular complexity index is 2940. The van der Waals surface area contributed by atoms with Crippen LogP contribution in [0.5, 0.6) is 0 Å².